The Hall–Kier alpha value is -1.18. The second-order valence-electron chi connectivity index (χ2n) is 4.54. The molecule has 1 aromatic carbocycles. The van der Waals surface area contributed by atoms with Crippen LogP contribution in [0.5, 0.6) is 0 Å². The van der Waals surface area contributed by atoms with Gasteiger partial charge in [-0.1, -0.05) is 11.6 Å². The quantitative estimate of drug-likeness (QED) is 0.679. The van der Waals surface area contributed by atoms with Crippen molar-refractivity contribution in [3.8, 4) is 0 Å². The number of rotatable bonds is 4. The van der Waals surface area contributed by atoms with Crippen molar-refractivity contribution >= 4 is 27.3 Å². The number of nitro benzene ring substituents is 1. The number of nitrogens with zero attached hydrogens (tertiary/aromatic N) is 1. The van der Waals surface area contributed by atoms with Gasteiger partial charge in [-0.25, -0.2) is 13.1 Å². The second kappa shape index (κ2) is 4.18. The molecule has 0 amide bonds. The minimum absolute atomic E-state index is 0.0865. The van der Waals surface area contributed by atoms with Gasteiger partial charge in [-0.3, -0.25) is 10.1 Å². The topological polar surface area (TPSA) is 89.3 Å². The molecule has 8 heteroatoms. The highest BCUT2D eigenvalue weighted by molar-refractivity contribution is 7.89. The van der Waals surface area contributed by atoms with Crippen molar-refractivity contribution in [1.29, 1.82) is 0 Å². The summed E-state index contributed by atoms with van der Waals surface area (Å²) in [6.07, 6.45) is 1.53. The molecule has 0 spiro atoms. The van der Waals surface area contributed by atoms with Crippen molar-refractivity contribution in [3.05, 3.63) is 33.3 Å². The zero-order chi connectivity index (χ0) is 13.6. The van der Waals surface area contributed by atoms with Crippen LogP contribution in [0.3, 0.4) is 0 Å². The molecule has 0 radical (unpaired) electrons. The Bertz CT molecular complexity index is 610. The van der Waals surface area contributed by atoms with Crippen molar-refractivity contribution in [2.75, 3.05) is 0 Å². The van der Waals surface area contributed by atoms with E-state index in [0.717, 1.165) is 18.9 Å². The summed E-state index contributed by atoms with van der Waals surface area (Å²) >= 11 is 5.63. The predicted molar refractivity (Wildman–Crippen MR) is 66.1 cm³/mol. The maximum absolute atomic E-state index is 12.0. The van der Waals surface area contributed by atoms with Crippen LogP contribution in [0.1, 0.15) is 19.8 Å². The zero-order valence-electron chi connectivity index (χ0n) is 9.51. The normalized spacial score (nSPS) is 17.4. The van der Waals surface area contributed by atoms with Crippen LogP contribution in [0.15, 0.2) is 23.1 Å². The molecule has 2 rings (SSSR count). The smallest absolute Gasteiger partial charge is 0.258 e. The monoisotopic (exact) mass is 290 g/mol. The molecule has 0 saturated heterocycles. The summed E-state index contributed by atoms with van der Waals surface area (Å²) in [7, 11) is -3.74. The van der Waals surface area contributed by atoms with E-state index in [2.05, 4.69) is 4.72 Å². The van der Waals surface area contributed by atoms with Gasteiger partial charge in [0.1, 0.15) is 5.02 Å². The fourth-order valence-corrected chi connectivity index (χ4v) is 3.14. The molecule has 98 valence electrons. The van der Waals surface area contributed by atoms with E-state index in [-0.39, 0.29) is 9.92 Å². The van der Waals surface area contributed by atoms with Gasteiger partial charge in [0, 0.05) is 11.6 Å². The Balaban J connectivity index is 2.39. The van der Waals surface area contributed by atoms with E-state index in [1.165, 1.54) is 12.1 Å². The van der Waals surface area contributed by atoms with Gasteiger partial charge in [0.15, 0.2) is 0 Å². The molecule has 1 aliphatic rings. The van der Waals surface area contributed by atoms with Gasteiger partial charge >= 0.3 is 0 Å². The van der Waals surface area contributed by atoms with Crippen LogP contribution in [0.2, 0.25) is 5.02 Å². The van der Waals surface area contributed by atoms with Crippen LogP contribution in [0.25, 0.3) is 0 Å². The highest BCUT2D eigenvalue weighted by Crippen LogP contribution is 2.36. The first-order chi connectivity index (χ1) is 8.23. The Labute approximate surface area is 109 Å². The van der Waals surface area contributed by atoms with Crippen molar-refractivity contribution in [2.45, 2.75) is 30.2 Å². The van der Waals surface area contributed by atoms with Crippen molar-refractivity contribution in [1.82, 2.24) is 4.72 Å². The molecule has 0 bridgehead atoms. The van der Waals surface area contributed by atoms with E-state index in [1.807, 2.05) is 0 Å². The molecule has 1 aromatic rings. The summed E-state index contributed by atoms with van der Waals surface area (Å²) in [5.74, 6) is 0. The molecule has 0 atom stereocenters. The van der Waals surface area contributed by atoms with Crippen molar-refractivity contribution in [3.63, 3.8) is 0 Å². The molecule has 1 N–H and O–H groups in total. The Morgan fingerprint density at radius 1 is 1.44 bits per heavy atom. The SMILES string of the molecule is CC1(NS(=O)(=O)c2ccc(Cl)c([N+](=O)[O-])c2)CC1. The zero-order valence-corrected chi connectivity index (χ0v) is 11.1. The van der Waals surface area contributed by atoms with Gasteiger partial charge in [-0.05, 0) is 31.9 Å². The number of nitrogens with one attached hydrogen (secondary N) is 1. The summed E-state index contributed by atoms with van der Waals surface area (Å²) < 4.78 is 26.5. The highest BCUT2D eigenvalue weighted by atomic mass is 35.5. The lowest BCUT2D eigenvalue weighted by Crippen LogP contribution is -2.34. The third-order valence-corrected chi connectivity index (χ3v) is 4.76. The maximum atomic E-state index is 12.0. The van der Waals surface area contributed by atoms with Crippen LogP contribution < -0.4 is 4.72 Å². The van der Waals surface area contributed by atoms with E-state index >= 15 is 0 Å². The summed E-state index contributed by atoms with van der Waals surface area (Å²) in [6.45, 7) is 1.79. The molecule has 6 nitrogen and oxygen atoms in total. The maximum Gasteiger partial charge on any atom is 0.289 e. The molecule has 0 heterocycles. The van der Waals surface area contributed by atoms with E-state index in [4.69, 9.17) is 11.6 Å². The molecule has 18 heavy (non-hydrogen) atoms. The first kappa shape index (κ1) is 13.3. The molecule has 1 aliphatic carbocycles. The predicted octanol–water partition coefficient (Wildman–Crippen LogP) is 2.08. The lowest BCUT2D eigenvalue weighted by molar-refractivity contribution is -0.384. The summed E-state index contributed by atoms with van der Waals surface area (Å²) in [5, 5.41) is 10.6. The molecule has 0 aliphatic heterocycles. The van der Waals surface area contributed by atoms with Crippen LogP contribution in [0.4, 0.5) is 5.69 Å². The lowest BCUT2D eigenvalue weighted by Gasteiger charge is -2.12. The van der Waals surface area contributed by atoms with Gasteiger partial charge in [0.25, 0.3) is 5.69 Å². The second-order valence-corrected chi connectivity index (χ2v) is 6.63. The van der Waals surface area contributed by atoms with Crippen LogP contribution >= 0.6 is 11.6 Å². The van der Waals surface area contributed by atoms with Crippen LogP contribution in [-0.4, -0.2) is 18.9 Å². The number of nitro groups is 1. The lowest BCUT2D eigenvalue weighted by atomic mass is 10.3. The number of sulfonamides is 1. The van der Waals surface area contributed by atoms with E-state index < -0.39 is 26.2 Å². The van der Waals surface area contributed by atoms with Crippen LogP contribution in [-0.2, 0) is 10.0 Å². The minimum atomic E-state index is -3.74. The first-order valence-corrected chi connectivity index (χ1v) is 7.08. The Morgan fingerprint density at radius 3 is 2.56 bits per heavy atom. The standard InChI is InChI=1S/C10H11ClN2O4S/c1-10(4-5-10)12-18(16,17)7-2-3-8(11)9(6-7)13(14)15/h2-3,6,12H,4-5H2,1H3. The van der Waals surface area contributed by atoms with E-state index in [1.54, 1.807) is 6.92 Å². The first-order valence-electron chi connectivity index (χ1n) is 5.21. The van der Waals surface area contributed by atoms with Crippen molar-refractivity contribution < 1.29 is 13.3 Å². The average molecular weight is 291 g/mol. The molecule has 1 fully saturated rings. The summed E-state index contributed by atoms with van der Waals surface area (Å²) in [4.78, 5) is 9.85. The fourth-order valence-electron chi connectivity index (χ4n) is 1.47. The Morgan fingerprint density at radius 2 is 2.06 bits per heavy atom. The molecule has 0 aromatic heterocycles. The van der Waals surface area contributed by atoms with Crippen LogP contribution in [0, 0.1) is 10.1 Å². The molecule has 1 saturated carbocycles. The molecular formula is C10H11ClN2O4S. The minimum Gasteiger partial charge on any atom is -0.258 e. The molecule has 0 unspecified atom stereocenters. The largest absolute Gasteiger partial charge is 0.289 e. The highest BCUT2D eigenvalue weighted by Gasteiger charge is 2.41. The van der Waals surface area contributed by atoms with E-state index in [0.29, 0.717) is 0 Å². The third-order valence-electron chi connectivity index (χ3n) is 2.81. The number of halogens is 1. The number of benzene rings is 1. The number of hydrogen-bond acceptors (Lipinski definition) is 4. The van der Waals surface area contributed by atoms with Gasteiger partial charge in [0.2, 0.25) is 10.0 Å². The summed E-state index contributed by atoms with van der Waals surface area (Å²) in [5.41, 5.74) is -0.840. The van der Waals surface area contributed by atoms with Gasteiger partial charge in [0.05, 0.1) is 9.82 Å². The summed E-state index contributed by atoms with van der Waals surface area (Å²) in [6, 6.07) is 3.43. The van der Waals surface area contributed by atoms with Gasteiger partial charge in [-0.15, -0.1) is 0 Å². The van der Waals surface area contributed by atoms with E-state index in [9.17, 15) is 18.5 Å². The van der Waals surface area contributed by atoms with Gasteiger partial charge < -0.3 is 0 Å². The third kappa shape index (κ3) is 2.63. The van der Waals surface area contributed by atoms with Crippen molar-refractivity contribution in [2.24, 2.45) is 0 Å². The fraction of sp³-hybridized carbons (Fsp3) is 0.400. The van der Waals surface area contributed by atoms with Gasteiger partial charge in [-0.2, -0.15) is 0 Å². The average Bonchev–Trinajstić information content (AvgIpc) is 2.94. The molecular weight excluding hydrogens is 280 g/mol. The number of hydrogen-bond donors (Lipinski definition) is 1. The Kier molecular flexibility index (Phi) is 3.08.